The van der Waals surface area contributed by atoms with Crippen LogP contribution < -0.4 is 5.32 Å². The molecule has 1 aromatic carbocycles. The summed E-state index contributed by atoms with van der Waals surface area (Å²) in [6, 6.07) is 2.27. The van der Waals surface area contributed by atoms with Crippen LogP contribution in [0.5, 0.6) is 5.75 Å². The van der Waals surface area contributed by atoms with Crippen molar-refractivity contribution in [1.29, 1.82) is 5.26 Å². The number of halogens is 2. The molecule has 1 heterocycles. The molecule has 0 bridgehead atoms. The quantitative estimate of drug-likeness (QED) is 0.317. The van der Waals surface area contributed by atoms with Crippen molar-refractivity contribution < 1.29 is 19.4 Å². The van der Waals surface area contributed by atoms with Gasteiger partial charge in [0, 0.05) is 26.6 Å². The molecule has 2 N–H and O–H groups in total. The second-order valence-electron chi connectivity index (χ2n) is 5.71. The van der Waals surface area contributed by atoms with E-state index in [0.29, 0.717) is 33.4 Å². The SMILES string of the molecule is CN(C#N)C(=O)[C@H](Cc1cc(I)c(O)c(I)c1)NC(=O)N1CCOCC1. The number of urea groups is 1. The Morgan fingerprint density at radius 1 is 1.38 bits per heavy atom. The first-order valence-electron chi connectivity index (χ1n) is 7.81. The van der Waals surface area contributed by atoms with Crippen LogP contribution in [-0.4, -0.2) is 66.2 Å². The lowest BCUT2D eigenvalue weighted by atomic mass is 10.0. The number of nitriles is 1. The van der Waals surface area contributed by atoms with Crippen LogP contribution in [0.4, 0.5) is 4.79 Å². The van der Waals surface area contributed by atoms with Gasteiger partial charge in [-0.3, -0.25) is 9.69 Å². The molecule has 140 valence electrons. The normalized spacial score (nSPS) is 15.1. The number of nitrogens with zero attached hydrogens (tertiary/aromatic N) is 3. The lowest BCUT2D eigenvalue weighted by Gasteiger charge is -2.29. The number of carbonyl (C=O) groups is 2. The fourth-order valence-corrected chi connectivity index (χ4v) is 4.36. The van der Waals surface area contributed by atoms with Crippen molar-refractivity contribution in [2.45, 2.75) is 12.5 Å². The predicted octanol–water partition coefficient (Wildman–Crippen LogP) is 1.49. The zero-order valence-corrected chi connectivity index (χ0v) is 18.4. The number of benzene rings is 1. The van der Waals surface area contributed by atoms with E-state index < -0.39 is 11.9 Å². The molecular weight excluding hydrogens is 566 g/mol. The molecule has 3 amide bonds. The Hall–Kier alpha value is -1.33. The van der Waals surface area contributed by atoms with Gasteiger partial charge in [0.05, 0.1) is 20.4 Å². The fraction of sp³-hybridized carbons (Fsp3) is 0.438. The van der Waals surface area contributed by atoms with Gasteiger partial charge in [-0.15, -0.1) is 0 Å². The largest absolute Gasteiger partial charge is 0.506 e. The zero-order chi connectivity index (χ0) is 19.3. The summed E-state index contributed by atoms with van der Waals surface area (Å²) in [6.07, 6.45) is 1.99. The zero-order valence-electron chi connectivity index (χ0n) is 14.0. The van der Waals surface area contributed by atoms with E-state index >= 15 is 0 Å². The second-order valence-corrected chi connectivity index (χ2v) is 8.04. The molecule has 0 unspecified atom stereocenters. The lowest BCUT2D eigenvalue weighted by molar-refractivity contribution is -0.129. The van der Waals surface area contributed by atoms with Crippen molar-refractivity contribution in [1.82, 2.24) is 15.1 Å². The Bertz CT molecular complexity index is 708. The van der Waals surface area contributed by atoms with Crippen LogP contribution in [0.1, 0.15) is 5.56 Å². The number of carbonyl (C=O) groups excluding carboxylic acids is 2. The average Bonchev–Trinajstić information content (AvgIpc) is 2.64. The van der Waals surface area contributed by atoms with E-state index in [1.54, 1.807) is 23.2 Å². The molecule has 8 nitrogen and oxygen atoms in total. The van der Waals surface area contributed by atoms with Gasteiger partial charge in [-0.05, 0) is 62.9 Å². The number of likely N-dealkylation sites (N-methyl/N-ethyl adjacent to an activating group) is 1. The molecule has 1 aromatic rings. The molecule has 0 aromatic heterocycles. The Morgan fingerprint density at radius 3 is 2.50 bits per heavy atom. The van der Waals surface area contributed by atoms with Crippen molar-refractivity contribution >= 4 is 57.1 Å². The number of phenols is 1. The van der Waals surface area contributed by atoms with Gasteiger partial charge in [-0.1, -0.05) is 0 Å². The highest BCUT2D eigenvalue weighted by Gasteiger charge is 2.27. The number of nitrogens with one attached hydrogen (secondary N) is 1. The van der Waals surface area contributed by atoms with Gasteiger partial charge in [0.25, 0.3) is 5.91 Å². The maximum Gasteiger partial charge on any atom is 0.318 e. The minimum Gasteiger partial charge on any atom is -0.506 e. The third kappa shape index (κ3) is 5.34. The maximum atomic E-state index is 12.5. The number of phenolic OH excluding ortho intramolecular Hbond substituents is 1. The molecule has 1 aliphatic heterocycles. The van der Waals surface area contributed by atoms with Gasteiger partial charge in [-0.25, -0.2) is 4.79 Å². The number of morpholine rings is 1. The van der Waals surface area contributed by atoms with Crippen LogP contribution >= 0.6 is 45.2 Å². The topological polar surface area (TPSA) is 106 Å². The van der Waals surface area contributed by atoms with Gasteiger partial charge in [0.2, 0.25) is 0 Å². The predicted molar refractivity (Wildman–Crippen MR) is 110 cm³/mol. The van der Waals surface area contributed by atoms with E-state index in [2.05, 4.69) is 5.32 Å². The Kier molecular flexibility index (Phi) is 7.71. The molecular formula is C16H18I2N4O4. The molecule has 26 heavy (non-hydrogen) atoms. The summed E-state index contributed by atoms with van der Waals surface area (Å²) in [6.45, 7) is 1.82. The summed E-state index contributed by atoms with van der Waals surface area (Å²) in [7, 11) is 1.36. The highest BCUT2D eigenvalue weighted by molar-refractivity contribution is 14.1. The summed E-state index contributed by atoms with van der Waals surface area (Å²) < 4.78 is 6.54. The van der Waals surface area contributed by atoms with Crippen molar-refractivity contribution in [2.24, 2.45) is 0 Å². The summed E-state index contributed by atoms with van der Waals surface area (Å²) in [5, 5.41) is 21.6. The minimum absolute atomic E-state index is 0.185. The van der Waals surface area contributed by atoms with Gasteiger partial charge in [0.1, 0.15) is 11.8 Å². The minimum atomic E-state index is -0.883. The molecule has 0 saturated carbocycles. The van der Waals surface area contributed by atoms with Gasteiger partial charge < -0.3 is 20.1 Å². The van der Waals surface area contributed by atoms with E-state index in [1.165, 1.54) is 7.05 Å². The number of hydrogen-bond donors (Lipinski definition) is 2. The van der Waals surface area contributed by atoms with Crippen LogP contribution in [0.25, 0.3) is 0 Å². The summed E-state index contributed by atoms with van der Waals surface area (Å²) in [5.74, 6) is -0.309. The molecule has 0 radical (unpaired) electrons. The maximum absolute atomic E-state index is 12.5. The van der Waals surface area contributed by atoms with Crippen LogP contribution in [0, 0.1) is 18.6 Å². The molecule has 1 fully saturated rings. The summed E-state index contributed by atoms with van der Waals surface area (Å²) in [5.41, 5.74) is 0.781. The van der Waals surface area contributed by atoms with Crippen molar-refractivity contribution in [2.75, 3.05) is 33.4 Å². The first kappa shape index (κ1) is 21.0. The Labute approximate surface area is 178 Å². The van der Waals surface area contributed by atoms with E-state index in [-0.39, 0.29) is 18.2 Å². The average molecular weight is 584 g/mol. The number of rotatable bonds is 4. The lowest BCUT2D eigenvalue weighted by Crippen LogP contribution is -2.53. The smallest absolute Gasteiger partial charge is 0.318 e. The molecule has 1 atom stereocenters. The highest BCUT2D eigenvalue weighted by atomic mass is 127. The first-order valence-corrected chi connectivity index (χ1v) is 9.96. The van der Waals surface area contributed by atoms with Gasteiger partial charge in [-0.2, -0.15) is 5.26 Å². The fourth-order valence-electron chi connectivity index (χ4n) is 2.46. The molecule has 0 aliphatic carbocycles. The van der Waals surface area contributed by atoms with E-state index in [1.807, 2.05) is 45.2 Å². The number of aromatic hydroxyl groups is 1. The van der Waals surface area contributed by atoms with Crippen molar-refractivity contribution in [3.8, 4) is 11.9 Å². The molecule has 10 heteroatoms. The Morgan fingerprint density at radius 2 is 1.96 bits per heavy atom. The number of hydrogen-bond acceptors (Lipinski definition) is 5. The van der Waals surface area contributed by atoms with Crippen molar-refractivity contribution in [3.05, 3.63) is 24.8 Å². The monoisotopic (exact) mass is 584 g/mol. The standard InChI is InChI=1S/C16H18I2N4O4/c1-21(9-19)15(24)13(20-16(25)22-2-4-26-5-3-22)8-10-6-11(17)14(23)12(18)7-10/h6-7,13,23H,2-5,8H2,1H3,(H,20,25)/t13-/m0/s1. The molecule has 0 spiro atoms. The van der Waals surface area contributed by atoms with Crippen LogP contribution in [-0.2, 0) is 16.0 Å². The number of amides is 3. The molecule has 1 aliphatic rings. The molecule has 2 rings (SSSR count). The van der Waals surface area contributed by atoms with E-state index in [9.17, 15) is 14.7 Å². The summed E-state index contributed by atoms with van der Waals surface area (Å²) in [4.78, 5) is 27.5. The van der Waals surface area contributed by atoms with Crippen LogP contribution in [0.3, 0.4) is 0 Å². The van der Waals surface area contributed by atoms with E-state index in [0.717, 1.165) is 10.5 Å². The van der Waals surface area contributed by atoms with Gasteiger partial charge >= 0.3 is 6.03 Å². The third-order valence-corrected chi connectivity index (χ3v) is 5.54. The van der Waals surface area contributed by atoms with E-state index in [4.69, 9.17) is 10.00 Å². The third-order valence-electron chi connectivity index (χ3n) is 3.89. The highest BCUT2D eigenvalue weighted by Crippen LogP contribution is 2.28. The molecule has 1 saturated heterocycles. The van der Waals surface area contributed by atoms with Crippen LogP contribution in [0.2, 0.25) is 0 Å². The second kappa shape index (κ2) is 9.56. The van der Waals surface area contributed by atoms with Crippen LogP contribution in [0.15, 0.2) is 12.1 Å². The first-order chi connectivity index (χ1) is 12.3. The number of ether oxygens (including phenoxy) is 1. The Balaban J connectivity index is 2.19. The van der Waals surface area contributed by atoms with Crippen molar-refractivity contribution in [3.63, 3.8) is 0 Å². The van der Waals surface area contributed by atoms with Gasteiger partial charge in [0.15, 0.2) is 6.19 Å². The summed E-state index contributed by atoms with van der Waals surface area (Å²) >= 11 is 4.02.